The van der Waals surface area contributed by atoms with Gasteiger partial charge in [0, 0.05) is 31.0 Å². The summed E-state index contributed by atoms with van der Waals surface area (Å²) >= 11 is 0. The van der Waals surface area contributed by atoms with Crippen LogP contribution in [0.1, 0.15) is 24.4 Å². The molecule has 13 heavy (non-hydrogen) atoms. The minimum Gasteiger partial charge on any atom is -0.349 e. The topological polar surface area (TPSA) is 34.2 Å². The highest BCUT2D eigenvalue weighted by Crippen LogP contribution is 2.18. The summed E-state index contributed by atoms with van der Waals surface area (Å²) in [5.41, 5.74) is 8.10. The van der Waals surface area contributed by atoms with E-state index in [4.69, 9.17) is 5.73 Å². The Morgan fingerprint density at radius 1 is 1.46 bits per heavy atom. The molecule has 1 atom stereocenters. The molecule has 3 heteroatoms. The summed E-state index contributed by atoms with van der Waals surface area (Å²) in [4.78, 5) is 2.19. The average molecular weight is 181 g/mol. The van der Waals surface area contributed by atoms with Gasteiger partial charge in [-0.3, -0.25) is 0 Å². The van der Waals surface area contributed by atoms with Gasteiger partial charge in [0.1, 0.15) is 0 Å². The van der Waals surface area contributed by atoms with E-state index in [1.807, 2.05) is 0 Å². The first-order valence-corrected chi connectivity index (χ1v) is 4.59. The van der Waals surface area contributed by atoms with Crippen molar-refractivity contribution in [1.82, 2.24) is 9.47 Å². The Labute approximate surface area is 80.1 Å². The normalized spacial score (nSPS) is 13.7. The first-order valence-electron chi connectivity index (χ1n) is 4.59. The van der Waals surface area contributed by atoms with Crippen LogP contribution >= 0.6 is 0 Å². The number of aromatic nitrogens is 1. The highest BCUT2D eigenvalue weighted by molar-refractivity contribution is 5.18. The van der Waals surface area contributed by atoms with E-state index in [1.54, 1.807) is 0 Å². The van der Waals surface area contributed by atoms with Crippen molar-refractivity contribution in [2.75, 3.05) is 14.1 Å². The summed E-state index contributed by atoms with van der Waals surface area (Å²) in [5, 5.41) is 0. The zero-order valence-electron chi connectivity index (χ0n) is 8.91. The van der Waals surface area contributed by atoms with E-state index in [0.29, 0.717) is 12.6 Å². The number of hydrogen-bond donors (Lipinski definition) is 1. The summed E-state index contributed by atoms with van der Waals surface area (Å²) < 4.78 is 2.17. The van der Waals surface area contributed by atoms with Crippen molar-refractivity contribution in [3.8, 4) is 0 Å². The molecule has 0 aromatic carbocycles. The molecule has 0 saturated heterocycles. The molecule has 1 aromatic heterocycles. The maximum Gasteiger partial charge on any atom is 0.0466 e. The second kappa shape index (κ2) is 3.94. The maximum absolute atomic E-state index is 5.61. The van der Waals surface area contributed by atoms with Gasteiger partial charge in [0.05, 0.1) is 0 Å². The molecule has 2 N–H and O–H groups in total. The van der Waals surface area contributed by atoms with Gasteiger partial charge in [-0.1, -0.05) is 0 Å². The third-order valence-corrected chi connectivity index (χ3v) is 2.68. The molecule has 0 saturated carbocycles. The third kappa shape index (κ3) is 1.92. The summed E-state index contributed by atoms with van der Waals surface area (Å²) in [6.07, 6.45) is 0. The van der Waals surface area contributed by atoms with E-state index in [1.165, 1.54) is 11.4 Å². The molecule has 74 valence electrons. The lowest BCUT2D eigenvalue weighted by atomic mass is 10.2. The first kappa shape index (κ1) is 10.3. The van der Waals surface area contributed by atoms with Gasteiger partial charge in [-0.05, 0) is 33.2 Å². The van der Waals surface area contributed by atoms with Crippen LogP contribution in [0.3, 0.4) is 0 Å². The van der Waals surface area contributed by atoms with E-state index in [0.717, 1.165) is 0 Å². The molecule has 0 aliphatic heterocycles. The Morgan fingerprint density at radius 2 is 2.08 bits per heavy atom. The average Bonchev–Trinajstić information content (AvgIpc) is 2.45. The minimum absolute atomic E-state index is 0.435. The fraction of sp³-hybridized carbons (Fsp3) is 0.600. The minimum atomic E-state index is 0.435. The van der Waals surface area contributed by atoms with Crippen molar-refractivity contribution >= 4 is 0 Å². The van der Waals surface area contributed by atoms with Gasteiger partial charge in [0.25, 0.3) is 0 Å². The zero-order chi connectivity index (χ0) is 10.0. The molecule has 1 unspecified atom stereocenters. The Hall–Kier alpha value is -0.800. The lowest BCUT2D eigenvalue weighted by molar-refractivity contribution is 0.309. The van der Waals surface area contributed by atoms with Crippen LogP contribution in [0.15, 0.2) is 12.1 Å². The lowest BCUT2D eigenvalue weighted by Gasteiger charge is -2.21. The Balaban J connectivity index is 2.95. The van der Waals surface area contributed by atoms with E-state index in [2.05, 4.69) is 49.7 Å². The van der Waals surface area contributed by atoms with Gasteiger partial charge in [-0.15, -0.1) is 0 Å². The molecule has 0 aliphatic carbocycles. The quantitative estimate of drug-likeness (QED) is 0.758. The zero-order valence-corrected chi connectivity index (χ0v) is 8.91. The summed E-state index contributed by atoms with van der Waals surface area (Å²) in [6.45, 7) is 2.80. The van der Waals surface area contributed by atoms with E-state index in [-0.39, 0.29) is 0 Å². The molecule has 1 heterocycles. The van der Waals surface area contributed by atoms with Crippen LogP contribution in [0.5, 0.6) is 0 Å². The van der Waals surface area contributed by atoms with E-state index in [9.17, 15) is 0 Å². The maximum atomic E-state index is 5.61. The fourth-order valence-electron chi connectivity index (χ4n) is 1.46. The predicted molar refractivity (Wildman–Crippen MR) is 55.4 cm³/mol. The second-order valence-corrected chi connectivity index (χ2v) is 3.65. The number of rotatable bonds is 3. The third-order valence-electron chi connectivity index (χ3n) is 2.68. The van der Waals surface area contributed by atoms with E-state index < -0.39 is 0 Å². The van der Waals surface area contributed by atoms with Crippen LogP contribution in [0.4, 0.5) is 0 Å². The molecular formula is C10H19N3. The fourth-order valence-corrected chi connectivity index (χ4v) is 1.46. The highest BCUT2D eigenvalue weighted by Gasteiger charge is 2.12. The van der Waals surface area contributed by atoms with E-state index >= 15 is 0 Å². The van der Waals surface area contributed by atoms with Crippen LogP contribution in [0.2, 0.25) is 0 Å². The van der Waals surface area contributed by atoms with Crippen LogP contribution in [-0.2, 0) is 13.6 Å². The SMILES string of the molecule is CC(c1ccc(CN)n1C)N(C)C. The van der Waals surface area contributed by atoms with Gasteiger partial charge in [-0.25, -0.2) is 0 Å². The van der Waals surface area contributed by atoms with Crippen LogP contribution < -0.4 is 5.73 Å². The van der Waals surface area contributed by atoms with Gasteiger partial charge in [0.15, 0.2) is 0 Å². The number of nitrogens with two attached hydrogens (primary N) is 1. The number of nitrogens with zero attached hydrogens (tertiary/aromatic N) is 2. The van der Waals surface area contributed by atoms with Crippen molar-refractivity contribution < 1.29 is 0 Å². The standard InChI is InChI=1S/C10H19N3/c1-8(12(2)3)10-6-5-9(7-11)13(10)4/h5-6,8H,7,11H2,1-4H3. The molecule has 0 fully saturated rings. The van der Waals surface area contributed by atoms with Crippen molar-refractivity contribution in [1.29, 1.82) is 0 Å². The van der Waals surface area contributed by atoms with Crippen molar-refractivity contribution in [2.45, 2.75) is 19.5 Å². The molecular weight excluding hydrogens is 162 g/mol. The Morgan fingerprint density at radius 3 is 2.46 bits per heavy atom. The smallest absolute Gasteiger partial charge is 0.0466 e. The Bertz CT molecular complexity index is 276. The molecule has 0 aliphatic rings. The van der Waals surface area contributed by atoms with Gasteiger partial charge in [0.2, 0.25) is 0 Å². The largest absolute Gasteiger partial charge is 0.349 e. The van der Waals surface area contributed by atoms with Crippen LogP contribution in [0, 0.1) is 0 Å². The molecule has 0 amide bonds. The van der Waals surface area contributed by atoms with Crippen LogP contribution in [-0.4, -0.2) is 23.6 Å². The first-order chi connectivity index (χ1) is 6.07. The lowest BCUT2D eigenvalue weighted by Crippen LogP contribution is -2.19. The molecule has 0 radical (unpaired) electrons. The van der Waals surface area contributed by atoms with Crippen molar-refractivity contribution in [3.05, 3.63) is 23.5 Å². The molecule has 0 bridgehead atoms. The van der Waals surface area contributed by atoms with Gasteiger partial charge >= 0.3 is 0 Å². The van der Waals surface area contributed by atoms with Crippen molar-refractivity contribution in [3.63, 3.8) is 0 Å². The summed E-state index contributed by atoms with van der Waals surface area (Å²) in [6, 6.07) is 4.67. The molecule has 3 nitrogen and oxygen atoms in total. The molecule has 1 rings (SSSR count). The summed E-state index contributed by atoms with van der Waals surface area (Å²) in [7, 11) is 6.23. The monoisotopic (exact) mass is 181 g/mol. The van der Waals surface area contributed by atoms with Gasteiger partial charge in [-0.2, -0.15) is 0 Å². The number of hydrogen-bond acceptors (Lipinski definition) is 2. The predicted octanol–water partition coefficient (Wildman–Crippen LogP) is 1.11. The second-order valence-electron chi connectivity index (χ2n) is 3.65. The van der Waals surface area contributed by atoms with Crippen molar-refractivity contribution in [2.24, 2.45) is 12.8 Å². The van der Waals surface area contributed by atoms with Gasteiger partial charge < -0.3 is 15.2 Å². The van der Waals surface area contributed by atoms with Crippen LogP contribution in [0.25, 0.3) is 0 Å². The highest BCUT2D eigenvalue weighted by atomic mass is 15.1. The molecule has 1 aromatic rings. The summed E-state index contributed by atoms with van der Waals surface area (Å²) in [5.74, 6) is 0. The molecule has 0 spiro atoms. The Kier molecular flexibility index (Phi) is 3.12.